The largest absolute Gasteiger partial charge is 0.497 e. The molecule has 0 bridgehead atoms. The second-order valence-corrected chi connectivity index (χ2v) is 5.95. The average Bonchev–Trinajstić information content (AvgIpc) is 3.11. The van der Waals surface area contributed by atoms with Crippen LogP contribution in [0.15, 0.2) is 34.9 Å². The molecule has 2 heterocycles. The number of carbonyl (C=O) groups is 1. The number of ether oxygens (including phenoxy) is 2. The minimum absolute atomic E-state index is 0.150. The van der Waals surface area contributed by atoms with E-state index in [0.29, 0.717) is 31.9 Å². The zero-order valence-electron chi connectivity index (χ0n) is 14.3. The third kappa shape index (κ3) is 4.96. The van der Waals surface area contributed by atoms with Crippen LogP contribution in [0, 0.1) is 0 Å². The number of hydrogen-bond donors (Lipinski definition) is 2. The van der Waals surface area contributed by atoms with Crippen LogP contribution in [0.2, 0.25) is 0 Å². The molecule has 0 atom stereocenters. The predicted molar refractivity (Wildman–Crippen MR) is 92.6 cm³/mol. The lowest BCUT2D eigenvalue weighted by molar-refractivity contribution is 0.0801. The molecule has 1 aromatic heterocycles. The highest BCUT2D eigenvalue weighted by Crippen LogP contribution is 2.24. The summed E-state index contributed by atoms with van der Waals surface area (Å²) in [6.07, 6.45) is 2.33. The summed E-state index contributed by atoms with van der Waals surface area (Å²) in [5, 5.41) is 9.87. The molecule has 1 aromatic carbocycles. The van der Waals surface area contributed by atoms with Gasteiger partial charge in [-0.1, -0.05) is 17.3 Å². The Balaban J connectivity index is 1.46. The first kappa shape index (κ1) is 17.3. The summed E-state index contributed by atoms with van der Waals surface area (Å²) in [5.74, 6) is 1.45. The van der Waals surface area contributed by atoms with Crippen molar-refractivity contribution in [1.82, 2.24) is 15.8 Å². The van der Waals surface area contributed by atoms with Gasteiger partial charge in [0.25, 0.3) is 0 Å². The van der Waals surface area contributed by atoms with Crippen LogP contribution < -0.4 is 15.4 Å². The number of benzene rings is 1. The summed E-state index contributed by atoms with van der Waals surface area (Å²) < 4.78 is 15.9. The molecular weight excluding hydrogens is 322 g/mol. The average molecular weight is 345 g/mol. The second kappa shape index (κ2) is 8.53. The SMILES string of the molecule is COc1cccc(-c2cc(CCNC(=O)NC3CCOCC3)no2)c1. The number of amides is 2. The fraction of sp³-hybridized carbons (Fsp3) is 0.444. The molecule has 0 spiro atoms. The topological polar surface area (TPSA) is 85.6 Å². The molecule has 2 aromatic rings. The molecule has 1 aliphatic heterocycles. The Morgan fingerprint density at radius 3 is 2.96 bits per heavy atom. The van der Waals surface area contributed by atoms with Gasteiger partial charge in [0.2, 0.25) is 0 Å². The number of nitrogens with zero attached hydrogens (tertiary/aromatic N) is 1. The first-order valence-corrected chi connectivity index (χ1v) is 8.47. The molecule has 2 amide bonds. The summed E-state index contributed by atoms with van der Waals surface area (Å²) in [4.78, 5) is 11.9. The maximum Gasteiger partial charge on any atom is 0.315 e. The number of rotatable bonds is 6. The summed E-state index contributed by atoms with van der Waals surface area (Å²) in [6, 6.07) is 9.53. The van der Waals surface area contributed by atoms with E-state index < -0.39 is 0 Å². The first-order valence-electron chi connectivity index (χ1n) is 8.47. The van der Waals surface area contributed by atoms with Gasteiger partial charge in [-0.2, -0.15) is 0 Å². The summed E-state index contributed by atoms with van der Waals surface area (Å²) in [5.41, 5.74) is 1.70. The third-order valence-corrected chi connectivity index (χ3v) is 4.14. The van der Waals surface area contributed by atoms with Crippen LogP contribution in [-0.4, -0.2) is 44.1 Å². The molecule has 25 heavy (non-hydrogen) atoms. The van der Waals surface area contributed by atoms with Crippen molar-refractivity contribution in [2.45, 2.75) is 25.3 Å². The Hall–Kier alpha value is -2.54. The highest BCUT2D eigenvalue weighted by atomic mass is 16.5. The van der Waals surface area contributed by atoms with Gasteiger partial charge in [-0.3, -0.25) is 0 Å². The molecule has 3 rings (SSSR count). The van der Waals surface area contributed by atoms with E-state index in [1.807, 2.05) is 30.3 Å². The minimum atomic E-state index is -0.150. The number of carbonyl (C=O) groups excluding carboxylic acids is 1. The fourth-order valence-corrected chi connectivity index (χ4v) is 2.72. The van der Waals surface area contributed by atoms with Crippen molar-refractivity contribution < 1.29 is 18.8 Å². The normalized spacial score (nSPS) is 14.9. The van der Waals surface area contributed by atoms with Crippen molar-refractivity contribution in [1.29, 1.82) is 0 Å². The second-order valence-electron chi connectivity index (χ2n) is 5.95. The Kier molecular flexibility index (Phi) is 5.90. The van der Waals surface area contributed by atoms with Gasteiger partial charge in [-0.25, -0.2) is 4.79 Å². The fourth-order valence-electron chi connectivity index (χ4n) is 2.72. The summed E-state index contributed by atoms with van der Waals surface area (Å²) in [7, 11) is 1.63. The monoisotopic (exact) mass is 345 g/mol. The van der Waals surface area contributed by atoms with E-state index in [1.165, 1.54) is 0 Å². The van der Waals surface area contributed by atoms with Crippen molar-refractivity contribution in [3.63, 3.8) is 0 Å². The van der Waals surface area contributed by atoms with Gasteiger partial charge in [0.1, 0.15) is 5.75 Å². The van der Waals surface area contributed by atoms with E-state index in [9.17, 15) is 4.79 Å². The van der Waals surface area contributed by atoms with Crippen LogP contribution in [0.25, 0.3) is 11.3 Å². The van der Waals surface area contributed by atoms with Crippen molar-refractivity contribution in [2.75, 3.05) is 26.9 Å². The van der Waals surface area contributed by atoms with Crippen LogP contribution in [0.5, 0.6) is 5.75 Å². The van der Waals surface area contributed by atoms with Crippen LogP contribution in [0.1, 0.15) is 18.5 Å². The maximum atomic E-state index is 11.9. The Bertz CT molecular complexity index is 695. The summed E-state index contributed by atoms with van der Waals surface area (Å²) in [6.45, 7) is 1.91. The van der Waals surface area contributed by atoms with E-state index in [4.69, 9.17) is 14.0 Å². The zero-order chi connectivity index (χ0) is 17.5. The molecular formula is C18H23N3O4. The lowest BCUT2D eigenvalue weighted by Crippen LogP contribution is -2.44. The molecule has 1 saturated heterocycles. The van der Waals surface area contributed by atoms with Gasteiger partial charge >= 0.3 is 6.03 Å². The lowest BCUT2D eigenvalue weighted by Gasteiger charge is -2.23. The predicted octanol–water partition coefficient (Wildman–Crippen LogP) is 2.37. The molecule has 0 radical (unpaired) electrons. The van der Waals surface area contributed by atoms with Gasteiger partial charge in [-0.15, -0.1) is 0 Å². The quantitative estimate of drug-likeness (QED) is 0.839. The summed E-state index contributed by atoms with van der Waals surface area (Å²) >= 11 is 0. The van der Waals surface area contributed by atoms with Crippen LogP contribution in [-0.2, 0) is 11.2 Å². The standard InChI is InChI=1S/C18H23N3O4/c1-23-16-4-2-3-13(11-16)17-12-15(21-25-17)5-8-19-18(22)20-14-6-9-24-10-7-14/h2-4,11-12,14H,5-10H2,1H3,(H2,19,20,22). The van der Waals surface area contributed by atoms with Gasteiger partial charge in [0.15, 0.2) is 5.76 Å². The van der Waals surface area contributed by atoms with E-state index in [0.717, 1.165) is 29.8 Å². The van der Waals surface area contributed by atoms with Crippen molar-refractivity contribution in [3.8, 4) is 17.1 Å². The van der Waals surface area contributed by atoms with E-state index in [2.05, 4.69) is 15.8 Å². The zero-order valence-corrected chi connectivity index (χ0v) is 14.3. The lowest BCUT2D eigenvalue weighted by atomic mass is 10.1. The number of urea groups is 1. The van der Waals surface area contributed by atoms with Crippen molar-refractivity contribution in [3.05, 3.63) is 36.0 Å². The molecule has 7 nitrogen and oxygen atoms in total. The van der Waals surface area contributed by atoms with Crippen LogP contribution >= 0.6 is 0 Å². The highest BCUT2D eigenvalue weighted by molar-refractivity contribution is 5.74. The molecule has 134 valence electrons. The number of hydrogen-bond acceptors (Lipinski definition) is 5. The molecule has 2 N–H and O–H groups in total. The van der Waals surface area contributed by atoms with Gasteiger partial charge < -0.3 is 24.6 Å². The maximum absolute atomic E-state index is 11.9. The van der Waals surface area contributed by atoms with Crippen molar-refractivity contribution >= 4 is 6.03 Å². The molecule has 0 unspecified atom stereocenters. The first-order chi connectivity index (χ1) is 12.2. The van der Waals surface area contributed by atoms with Gasteiger partial charge in [-0.05, 0) is 25.0 Å². The van der Waals surface area contributed by atoms with Gasteiger partial charge in [0, 0.05) is 43.9 Å². The molecule has 1 aliphatic rings. The smallest absolute Gasteiger partial charge is 0.315 e. The number of aromatic nitrogens is 1. The molecule has 7 heteroatoms. The highest BCUT2D eigenvalue weighted by Gasteiger charge is 2.15. The van der Waals surface area contributed by atoms with Crippen LogP contribution in [0.4, 0.5) is 4.79 Å². The molecule has 0 saturated carbocycles. The Labute approximate surface area is 146 Å². The third-order valence-electron chi connectivity index (χ3n) is 4.14. The van der Waals surface area contributed by atoms with E-state index in [-0.39, 0.29) is 12.1 Å². The Morgan fingerprint density at radius 2 is 2.16 bits per heavy atom. The van der Waals surface area contributed by atoms with Crippen LogP contribution in [0.3, 0.4) is 0 Å². The molecule has 1 fully saturated rings. The minimum Gasteiger partial charge on any atom is -0.497 e. The van der Waals surface area contributed by atoms with Gasteiger partial charge in [0.05, 0.1) is 12.8 Å². The number of nitrogens with one attached hydrogen (secondary N) is 2. The number of methoxy groups -OCH3 is 1. The van der Waals surface area contributed by atoms with Crippen molar-refractivity contribution in [2.24, 2.45) is 0 Å². The molecule has 0 aliphatic carbocycles. The van der Waals surface area contributed by atoms with E-state index >= 15 is 0 Å². The van der Waals surface area contributed by atoms with E-state index in [1.54, 1.807) is 7.11 Å². The Morgan fingerprint density at radius 1 is 1.32 bits per heavy atom.